The van der Waals surface area contributed by atoms with E-state index >= 15 is 0 Å². The van der Waals surface area contributed by atoms with Gasteiger partial charge >= 0.3 is 5.97 Å². The SMILES string of the molecule is O=C(O)c1c(O)ccc2ccccc12.[Al]. The third-order valence-electron chi connectivity index (χ3n) is 2.12. The molecule has 2 rings (SSSR count). The van der Waals surface area contributed by atoms with Crippen LogP contribution in [0.2, 0.25) is 0 Å². The maximum absolute atomic E-state index is 10.9. The third-order valence-corrected chi connectivity index (χ3v) is 2.12. The highest BCUT2D eigenvalue weighted by Gasteiger charge is 2.12. The van der Waals surface area contributed by atoms with Crippen LogP contribution in [0.1, 0.15) is 10.4 Å². The van der Waals surface area contributed by atoms with Gasteiger partial charge in [-0.3, -0.25) is 0 Å². The molecule has 0 saturated carbocycles. The first-order chi connectivity index (χ1) is 6.70. The van der Waals surface area contributed by atoms with Gasteiger partial charge in [0.2, 0.25) is 0 Å². The minimum atomic E-state index is -1.11. The quantitative estimate of drug-likeness (QED) is 0.714. The molecule has 0 spiro atoms. The minimum absolute atomic E-state index is 0. The summed E-state index contributed by atoms with van der Waals surface area (Å²) in [4.78, 5) is 10.9. The molecule has 3 nitrogen and oxygen atoms in total. The topological polar surface area (TPSA) is 57.5 Å². The molecular weight excluding hydrogens is 207 g/mol. The standard InChI is InChI=1S/C11H8O3.Al/c12-9-6-5-7-3-1-2-4-8(7)10(9)11(13)14;/h1-6,12H,(H,13,14);. The molecule has 0 aromatic heterocycles. The van der Waals surface area contributed by atoms with Gasteiger partial charge in [-0.1, -0.05) is 30.3 Å². The molecule has 0 aliphatic heterocycles. The fourth-order valence-electron chi connectivity index (χ4n) is 1.48. The van der Waals surface area contributed by atoms with Gasteiger partial charge in [0, 0.05) is 17.4 Å². The molecule has 0 fully saturated rings. The maximum atomic E-state index is 10.9. The van der Waals surface area contributed by atoms with E-state index in [0.29, 0.717) is 5.39 Å². The number of fused-ring (bicyclic) bond motifs is 1. The van der Waals surface area contributed by atoms with Crippen LogP contribution in [-0.4, -0.2) is 33.5 Å². The average molecular weight is 215 g/mol. The van der Waals surface area contributed by atoms with Crippen LogP contribution in [0, 0.1) is 0 Å². The summed E-state index contributed by atoms with van der Waals surface area (Å²) in [6.45, 7) is 0. The molecule has 0 bridgehead atoms. The summed E-state index contributed by atoms with van der Waals surface area (Å²) in [5.74, 6) is -1.31. The Kier molecular flexibility index (Phi) is 3.36. The second-order valence-electron chi connectivity index (χ2n) is 2.99. The number of hydrogen-bond acceptors (Lipinski definition) is 2. The average Bonchev–Trinajstić information content (AvgIpc) is 2.17. The van der Waals surface area contributed by atoms with Crippen LogP contribution in [0.5, 0.6) is 5.75 Å². The van der Waals surface area contributed by atoms with Crippen molar-refractivity contribution >= 4 is 34.1 Å². The zero-order valence-electron chi connectivity index (χ0n) is 7.84. The Hall–Kier alpha value is -1.50. The summed E-state index contributed by atoms with van der Waals surface area (Å²) < 4.78 is 0. The largest absolute Gasteiger partial charge is 0.507 e. The fourth-order valence-corrected chi connectivity index (χ4v) is 1.48. The van der Waals surface area contributed by atoms with Crippen molar-refractivity contribution in [2.24, 2.45) is 0 Å². The lowest BCUT2D eigenvalue weighted by molar-refractivity contribution is 0.0696. The van der Waals surface area contributed by atoms with E-state index in [9.17, 15) is 9.90 Å². The van der Waals surface area contributed by atoms with Crippen LogP contribution in [0.4, 0.5) is 0 Å². The molecule has 0 heterocycles. The Morgan fingerprint density at radius 1 is 1.07 bits per heavy atom. The summed E-state index contributed by atoms with van der Waals surface area (Å²) in [7, 11) is 0. The molecule has 0 aliphatic carbocycles. The predicted molar refractivity (Wildman–Crippen MR) is 58.3 cm³/mol. The smallest absolute Gasteiger partial charge is 0.340 e. The van der Waals surface area contributed by atoms with Crippen molar-refractivity contribution in [3.63, 3.8) is 0 Å². The Labute approximate surface area is 97.1 Å². The number of benzene rings is 2. The number of aromatic hydroxyl groups is 1. The van der Waals surface area contributed by atoms with E-state index in [1.807, 2.05) is 6.07 Å². The summed E-state index contributed by atoms with van der Waals surface area (Å²) in [5.41, 5.74) is -0.0388. The van der Waals surface area contributed by atoms with Crippen molar-refractivity contribution in [2.75, 3.05) is 0 Å². The van der Waals surface area contributed by atoms with Crippen molar-refractivity contribution in [1.29, 1.82) is 0 Å². The van der Waals surface area contributed by atoms with E-state index in [2.05, 4.69) is 0 Å². The maximum Gasteiger partial charge on any atom is 0.340 e. The lowest BCUT2D eigenvalue weighted by atomic mass is 10.0. The molecule has 73 valence electrons. The Morgan fingerprint density at radius 3 is 2.40 bits per heavy atom. The highest BCUT2D eigenvalue weighted by molar-refractivity contribution is 6.06. The number of carboxylic acids is 1. The van der Waals surface area contributed by atoms with Gasteiger partial charge in [0.05, 0.1) is 0 Å². The van der Waals surface area contributed by atoms with Gasteiger partial charge in [0.15, 0.2) is 0 Å². The van der Waals surface area contributed by atoms with Crippen LogP contribution in [-0.2, 0) is 0 Å². The second-order valence-corrected chi connectivity index (χ2v) is 2.99. The van der Waals surface area contributed by atoms with E-state index in [1.165, 1.54) is 6.07 Å². The Balaban J connectivity index is 0.00000112. The Bertz CT molecular complexity index is 508. The number of carboxylic acid groups (broad SMARTS) is 1. The van der Waals surface area contributed by atoms with Crippen LogP contribution >= 0.6 is 0 Å². The van der Waals surface area contributed by atoms with Gasteiger partial charge in [0.1, 0.15) is 11.3 Å². The Morgan fingerprint density at radius 2 is 1.73 bits per heavy atom. The summed E-state index contributed by atoms with van der Waals surface area (Å²) in [6, 6.07) is 10.1. The van der Waals surface area contributed by atoms with Crippen molar-refractivity contribution in [3.8, 4) is 5.75 Å². The molecule has 3 radical (unpaired) electrons. The molecule has 4 heteroatoms. The van der Waals surface area contributed by atoms with Gasteiger partial charge in [-0.2, -0.15) is 0 Å². The monoisotopic (exact) mass is 215 g/mol. The molecule has 0 saturated heterocycles. The minimum Gasteiger partial charge on any atom is -0.507 e. The van der Waals surface area contributed by atoms with Crippen LogP contribution in [0.25, 0.3) is 10.8 Å². The molecule has 2 aromatic carbocycles. The first kappa shape index (κ1) is 11.6. The number of hydrogen-bond donors (Lipinski definition) is 2. The van der Waals surface area contributed by atoms with Gasteiger partial charge in [-0.05, 0) is 16.8 Å². The summed E-state index contributed by atoms with van der Waals surface area (Å²) in [6.07, 6.45) is 0. The van der Waals surface area contributed by atoms with Crippen LogP contribution in [0.3, 0.4) is 0 Å². The predicted octanol–water partition coefficient (Wildman–Crippen LogP) is 1.86. The van der Waals surface area contributed by atoms with Gasteiger partial charge in [-0.25, -0.2) is 4.79 Å². The van der Waals surface area contributed by atoms with Gasteiger partial charge < -0.3 is 10.2 Å². The molecule has 0 unspecified atom stereocenters. The van der Waals surface area contributed by atoms with E-state index in [0.717, 1.165) is 5.39 Å². The van der Waals surface area contributed by atoms with Gasteiger partial charge in [-0.15, -0.1) is 0 Å². The second kappa shape index (κ2) is 4.35. The van der Waals surface area contributed by atoms with Crippen molar-refractivity contribution < 1.29 is 15.0 Å². The number of aromatic carboxylic acids is 1. The zero-order valence-corrected chi connectivity index (χ0v) is 9.00. The number of phenols is 1. The highest BCUT2D eigenvalue weighted by Crippen LogP contribution is 2.26. The van der Waals surface area contributed by atoms with Crippen LogP contribution in [0.15, 0.2) is 36.4 Å². The molecule has 2 aromatic rings. The van der Waals surface area contributed by atoms with E-state index in [-0.39, 0.29) is 28.7 Å². The molecule has 0 aliphatic rings. The molecule has 0 atom stereocenters. The number of rotatable bonds is 1. The molecular formula is C11H8AlO3. The van der Waals surface area contributed by atoms with Crippen molar-refractivity contribution in [2.45, 2.75) is 0 Å². The normalized spacial score (nSPS) is 9.60. The van der Waals surface area contributed by atoms with Crippen molar-refractivity contribution in [3.05, 3.63) is 42.0 Å². The first-order valence-corrected chi connectivity index (χ1v) is 4.14. The third kappa shape index (κ3) is 1.96. The fraction of sp³-hybridized carbons (Fsp3) is 0. The van der Waals surface area contributed by atoms with Crippen LogP contribution < -0.4 is 0 Å². The summed E-state index contributed by atoms with van der Waals surface area (Å²) >= 11 is 0. The zero-order chi connectivity index (χ0) is 10.1. The number of carbonyl (C=O) groups is 1. The summed E-state index contributed by atoms with van der Waals surface area (Å²) in [5, 5.41) is 19.7. The molecule has 0 amide bonds. The lowest BCUT2D eigenvalue weighted by Crippen LogP contribution is -1.97. The molecule has 15 heavy (non-hydrogen) atoms. The van der Waals surface area contributed by atoms with E-state index in [4.69, 9.17) is 5.11 Å². The van der Waals surface area contributed by atoms with Gasteiger partial charge in [0.25, 0.3) is 0 Å². The lowest BCUT2D eigenvalue weighted by Gasteiger charge is -2.03. The highest BCUT2D eigenvalue weighted by atomic mass is 27.0. The van der Waals surface area contributed by atoms with E-state index < -0.39 is 5.97 Å². The molecule has 2 N–H and O–H groups in total. The van der Waals surface area contributed by atoms with Crippen molar-refractivity contribution in [1.82, 2.24) is 0 Å². The first-order valence-electron chi connectivity index (χ1n) is 4.14. The van der Waals surface area contributed by atoms with E-state index in [1.54, 1.807) is 24.3 Å².